The number of amides is 2. The maximum absolute atomic E-state index is 13.3. The van der Waals surface area contributed by atoms with Crippen molar-refractivity contribution < 1.29 is 23.5 Å². The number of carbonyl (C=O) groups excluding carboxylic acids is 3. The van der Waals surface area contributed by atoms with E-state index in [0.29, 0.717) is 5.56 Å². The third-order valence-corrected chi connectivity index (χ3v) is 4.65. The van der Waals surface area contributed by atoms with Crippen LogP contribution in [0.25, 0.3) is 0 Å². The summed E-state index contributed by atoms with van der Waals surface area (Å²) in [6.45, 7) is 1.89. The summed E-state index contributed by atoms with van der Waals surface area (Å²) in [7, 11) is 0. The molecule has 3 rings (SSSR count). The van der Waals surface area contributed by atoms with Gasteiger partial charge in [-0.2, -0.15) is 0 Å². The first-order valence-electron chi connectivity index (χ1n) is 8.81. The Morgan fingerprint density at radius 3 is 2.41 bits per heavy atom. The molecule has 0 aliphatic carbocycles. The number of piperidine rings is 1. The minimum Gasteiger partial charge on any atom is -0.465 e. The summed E-state index contributed by atoms with van der Waals surface area (Å²) in [5.74, 6) is -3.83. The number of ether oxygens (including phenoxy) is 1. The van der Waals surface area contributed by atoms with E-state index in [1.807, 2.05) is 30.3 Å². The first-order valence-corrected chi connectivity index (χ1v) is 8.81. The lowest BCUT2D eigenvalue weighted by Gasteiger charge is -2.35. The van der Waals surface area contributed by atoms with Gasteiger partial charge in [0.15, 0.2) is 0 Å². The van der Waals surface area contributed by atoms with Gasteiger partial charge in [0, 0.05) is 12.3 Å². The molecule has 0 radical (unpaired) electrons. The van der Waals surface area contributed by atoms with Gasteiger partial charge in [0.1, 0.15) is 11.7 Å². The topological polar surface area (TPSA) is 63.7 Å². The second-order valence-electron chi connectivity index (χ2n) is 6.40. The minimum atomic E-state index is -1.13. The van der Waals surface area contributed by atoms with Crippen LogP contribution in [0.1, 0.15) is 30.4 Å². The molecule has 1 aliphatic heterocycles. The van der Waals surface area contributed by atoms with E-state index < -0.39 is 29.5 Å². The Labute approximate surface area is 156 Å². The number of rotatable bonds is 5. The molecule has 1 heterocycles. The summed E-state index contributed by atoms with van der Waals surface area (Å²) >= 11 is 0. The molecule has 2 amide bonds. The number of halogens is 1. The quantitative estimate of drug-likeness (QED) is 0.462. The first-order chi connectivity index (χ1) is 13.0. The molecule has 1 fully saturated rings. The van der Waals surface area contributed by atoms with Crippen molar-refractivity contribution >= 4 is 17.8 Å². The van der Waals surface area contributed by atoms with Gasteiger partial charge in [-0.15, -0.1) is 0 Å². The highest BCUT2D eigenvalue weighted by Crippen LogP contribution is 2.36. The molecule has 2 atom stereocenters. The molecule has 1 aliphatic rings. The Balaban J connectivity index is 1.92. The predicted octanol–water partition coefficient (Wildman–Crippen LogP) is 3.05. The van der Waals surface area contributed by atoms with Crippen molar-refractivity contribution in [3.63, 3.8) is 0 Å². The van der Waals surface area contributed by atoms with Gasteiger partial charge in [-0.25, -0.2) is 4.39 Å². The number of imide groups is 1. The summed E-state index contributed by atoms with van der Waals surface area (Å²) in [5, 5.41) is 0. The first kappa shape index (κ1) is 18.8. The van der Waals surface area contributed by atoms with Crippen molar-refractivity contribution in [3.05, 3.63) is 71.5 Å². The number of likely N-dealkylation sites (tertiary alicyclic amines) is 1. The van der Waals surface area contributed by atoms with Gasteiger partial charge in [0.25, 0.3) is 0 Å². The van der Waals surface area contributed by atoms with Gasteiger partial charge in [-0.05, 0) is 30.2 Å². The lowest BCUT2D eigenvalue weighted by molar-refractivity contribution is -0.163. The Morgan fingerprint density at radius 2 is 1.78 bits per heavy atom. The SMILES string of the molecule is CCOC(=O)[C@@H]1C(=O)N(Cc2ccccc2)C(=O)C[C@H]1c1ccc(F)cc1. The average Bonchev–Trinajstić information content (AvgIpc) is 2.66. The number of hydrogen-bond acceptors (Lipinski definition) is 4. The molecule has 1 saturated heterocycles. The van der Waals surface area contributed by atoms with Crippen LogP contribution in [-0.2, 0) is 25.7 Å². The Kier molecular flexibility index (Phi) is 5.64. The van der Waals surface area contributed by atoms with Crippen molar-refractivity contribution in [1.82, 2.24) is 4.90 Å². The Morgan fingerprint density at radius 1 is 1.11 bits per heavy atom. The van der Waals surface area contributed by atoms with Crippen molar-refractivity contribution in [1.29, 1.82) is 0 Å². The average molecular weight is 369 g/mol. The largest absolute Gasteiger partial charge is 0.465 e. The standard InChI is InChI=1S/C21H20FNO4/c1-2-27-21(26)19-17(15-8-10-16(22)11-9-15)12-18(24)23(20(19)25)13-14-6-4-3-5-7-14/h3-11,17,19H,2,12-13H2,1H3/t17-,19-/m0/s1. The molecule has 0 unspecified atom stereocenters. The fourth-order valence-corrected chi connectivity index (χ4v) is 3.33. The molecule has 0 bridgehead atoms. The number of esters is 1. The van der Waals surface area contributed by atoms with Gasteiger partial charge in [0.05, 0.1) is 13.2 Å². The molecule has 27 heavy (non-hydrogen) atoms. The van der Waals surface area contributed by atoms with Crippen molar-refractivity contribution in [3.8, 4) is 0 Å². The minimum absolute atomic E-state index is 0.0202. The highest BCUT2D eigenvalue weighted by atomic mass is 19.1. The van der Waals surface area contributed by atoms with Gasteiger partial charge in [-0.3, -0.25) is 19.3 Å². The molecule has 0 saturated carbocycles. The van der Waals surface area contributed by atoms with Crippen LogP contribution in [0.5, 0.6) is 0 Å². The second-order valence-corrected chi connectivity index (χ2v) is 6.40. The lowest BCUT2D eigenvalue weighted by atomic mass is 9.79. The maximum Gasteiger partial charge on any atom is 0.319 e. The molecule has 140 valence electrons. The van der Waals surface area contributed by atoms with E-state index >= 15 is 0 Å². The zero-order valence-corrected chi connectivity index (χ0v) is 14.9. The summed E-state index contributed by atoms with van der Waals surface area (Å²) in [6.07, 6.45) is -0.0202. The van der Waals surface area contributed by atoms with Crippen molar-refractivity contribution in [2.45, 2.75) is 25.8 Å². The molecule has 0 aromatic heterocycles. The van der Waals surface area contributed by atoms with Crippen molar-refractivity contribution in [2.24, 2.45) is 5.92 Å². The van der Waals surface area contributed by atoms with E-state index in [4.69, 9.17) is 4.74 Å². The third kappa shape index (κ3) is 4.05. The third-order valence-electron chi connectivity index (χ3n) is 4.65. The van der Waals surface area contributed by atoms with Gasteiger partial charge in [-0.1, -0.05) is 42.5 Å². The van der Waals surface area contributed by atoms with Crippen LogP contribution in [-0.4, -0.2) is 29.3 Å². The van der Waals surface area contributed by atoms with E-state index in [-0.39, 0.29) is 25.5 Å². The molecule has 2 aromatic rings. The smallest absolute Gasteiger partial charge is 0.319 e. The van der Waals surface area contributed by atoms with Crippen LogP contribution in [0.15, 0.2) is 54.6 Å². The van der Waals surface area contributed by atoms with Gasteiger partial charge >= 0.3 is 5.97 Å². The van der Waals surface area contributed by atoms with E-state index in [9.17, 15) is 18.8 Å². The van der Waals surface area contributed by atoms with Crippen LogP contribution < -0.4 is 0 Å². The Bertz CT molecular complexity index is 835. The molecule has 0 N–H and O–H groups in total. The lowest BCUT2D eigenvalue weighted by Crippen LogP contribution is -2.50. The van der Waals surface area contributed by atoms with Gasteiger partial charge in [0.2, 0.25) is 11.8 Å². The fraction of sp³-hybridized carbons (Fsp3) is 0.286. The second kappa shape index (κ2) is 8.12. The number of carbonyl (C=O) groups is 3. The zero-order valence-electron chi connectivity index (χ0n) is 14.9. The highest BCUT2D eigenvalue weighted by molar-refractivity contribution is 6.08. The van der Waals surface area contributed by atoms with Crippen LogP contribution >= 0.6 is 0 Å². The summed E-state index contributed by atoms with van der Waals surface area (Å²) in [6, 6.07) is 14.6. The number of benzene rings is 2. The normalized spacial score (nSPS) is 19.9. The summed E-state index contributed by atoms with van der Waals surface area (Å²) in [5.41, 5.74) is 1.36. The number of nitrogens with zero attached hydrogens (tertiary/aromatic N) is 1. The van der Waals surface area contributed by atoms with E-state index in [1.54, 1.807) is 6.92 Å². The van der Waals surface area contributed by atoms with Crippen molar-refractivity contribution in [2.75, 3.05) is 6.61 Å². The number of hydrogen-bond donors (Lipinski definition) is 0. The molecule has 0 spiro atoms. The highest BCUT2D eigenvalue weighted by Gasteiger charge is 2.46. The molecular weight excluding hydrogens is 349 g/mol. The monoisotopic (exact) mass is 369 g/mol. The van der Waals surface area contributed by atoms with Crippen LogP contribution in [0.2, 0.25) is 0 Å². The molecular formula is C21H20FNO4. The molecule has 5 nitrogen and oxygen atoms in total. The van der Waals surface area contributed by atoms with Gasteiger partial charge < -0.3 is 4.74 Å². The van der Waals surface area contributed by atoms with Crippen LogP contribution in [0, 0.1) is 11.7 Å². The Hall–Kier alpha value is -3.02. The zero-order chi connectivity index (χ0) is 19.4. The fourth-order valence-electron chi connectivity index (χ4n) is 3.33. The maximum atomic E-state index is 13.3. The van der Waals surface area contributed by atoms with E-state index in [0.717, 1.165) is 10.5 Å². The molecule has 6 heteroatoms. The summed E-state index contributed by atoms with van der Waals surface area (Å²) < 4.78 is 18.3. The predicted molar refractivity (Wildman–Crippen MR) is 95.9 cm³/mol. The molecule has 2 aromatic carbocycles. The van der Waals surface area contributed by atoms with Crippen LogP contribution in [0.4, 0.5) is 4.39 Å². The van der Waals surface area contributed by atoms with E-state index in [2.05, 4.69) is 0 Å². The van der Waals surface area contributed by atoms with Crippen LogP contribution in [0.3, 0.4) is 0 Å². The van der Waals surface area contributed by atoms with E-state index in [1.165, 1.54) is 24.3 Å². The summed E-state index contributed by atoms with van der Waals surface area (Å²) in [4.78, 5) is 39.3.